The highest BCUT2D eigenvalue weighted by Gasteiger charge is 2.24. The average molecular weight is 420 g/mol. The summed E-state index contributed by atoms with van der Waals surface area (Å²) in [5.41, 5.74) is 3.98. The van der Waals surface area contributed by atoms with Crippen LogP contribution < -0.4 is 0 Å². The van der Waals surface area contributed by atoms with E-state index < -0.39 is 0 Å². The van der Waals surface area contributed by atoms with E-state index in [1.165, 1.54) is 86.6 Å². The lowest BCUT2D eigenvalue weighted by Crippen LogP contribution is -2.14. The SMILES string of the molecule is C=Cc1c(/C=C\C)c2c3ccc4cccc5ccc(cc2n1C1CCCCC1)c3c54.CC. The minimum atomic E-state index is 0.571. The summed E-state index contributed by atoms with van der Waals surface area (Å²) in [5, 5.41) is 9.56. The molecule has 1 aromatic heterocycles. The molecule has 0 saturated heterocycles. The highest BCUT2D eigenvalue weighted by atomic mass is 15.0. The van der Waals surface area contributed by atoms with Crippen LogP contribution in [0.15, 0.2) is 61.2 Å². The fourth-order valence-corrected chi connectivity index (χ4v) is 5.93. The van der Waals surface area contributed by atoms with Gasteiger partial charge < -0.3 is 4.57 Å². The van der Waals surface area contributed by atoms with Crippen molar-refractivity contribution in [2.24, 2.45) is 0 Å². The Kier molecular flexibility index (Phi) is 5.51. The lowest BCUT2D eigenvalue weighted by atomic mass is 9.91. The Balaban J connectivity index is 0.00000105. The second kappa shape index (κ2) is 8.47. The number of fused-ring (bicyclic) bond motifs is 2. The summed E-state index contributed by atoms with van der Waals surface area (Å²) >= 11 is 0. The van der Waals surface area contributed by atoms with Gasteiger partial charge in [0.25, 0.3) is 0 Å². The number of aromatic nitrogens is 1. The summed E-state index contributed by atoms with van der Waals surface area (Å²) in [5.74, 6) is 0. The molecule has 162 valence electrons. The Bertz CT molecular complexity index is 1420. The molecular weight excluding hydrogens is 386 g/mol. The predicted molar refractivity (Wildman–Crippen MR) is 144 cm³/mol. The fourth-order valence-electron chi connectivity index (χ4n) is 5.93. The second-order valence-electron chi connectivity index (χ2n) is 8.79. The molecule has 0 amide bonds. The van der Waals surface area contributed by atoms with Crippen molar-refractivity contribution in [1.82, 2.24) is 4.57 Å². The van der Waals surface area contributed by atoms with Gasteiger partial charge in [0.05, 0.1) is 5.52 Å². The molecule has 1 saturated carbocycles. The Hall–Kier alpha value is -3.06. The van der Waals surface area contributed by atoms with Gasteiger partial charge in [0.2, 0.25) is 0 Å². The second-order valence-corrected chi connectivity index (χ2v) is 8.79. The van der Waals surface area contributed by atoms with E-state index in [9.17, 15) is 0 Å². The van der Waals surface area contributed by atoms with E-state index in [1.54, 1.807) is 0 Å². The van der Waals surface area contributed by atoms with E-state index in [2.05, 4.69) is 84.8 Å². The minimum absolute atomic E-state index is 0.571. The smallest absolute Gasteiger partial charge is 0.0506 e. The molecule has 0 N–H and O–H groups in total. The van der Waals surface area contributed by atoms with Crippen LogP contribution in [0.5, 0.6) is 0 Å². The van der Waals surface area contributed by atoms with Crippen molar-refractivity contribution in [3.05, 3.63) is 72.4 Å². The van der Waals surface area contributed by atoms with Crippen LogP contribution in [0.25, 0.3) is 55.4 Å². The topological polar surface area (TPSA) is 4.93 Å². The van der Waals surface area contributed by atoms with Crippen LogP contribution in [0.1, 0.15) is 70.2 Å². The van der Waals surface area contributed by atoms with Gasteiger partial charge in [0.1, 0.15) is 0 Å². The lowest BCUT2D eigenvalue weighted by Gasteiger charge is -2.26. The van der Waals surface area contributed by atoms with Gasteiger partial charge in [-0.1, -0.05) is 94.3 Å². The molecule has 0 bridgehead atoms. The average Bonchev–Trinajstić information content (AvgIpc) is 3.17. The van der Waals surface area contributed by atoms with E-state index in [0.717, 1.165) is 0 Å². The summed E-state index contributed by atoms with van der Waals surface area (Å²) in [6.45, 7) is 10.4. The first kappa shape index (κ1) is 20.8. The van der Waals surface area contributed by atoms with Gasteiger partial charge in [0.15, 0.2) is 0 Å². The van der Waals surface area contributed by atoms with Gasteiger partial charge in [-0.15, -0.1) is 0 Å². The van der Waals surface area contributed by atoms with E-state index in [1.807, 2.05) is 13.8 Å². The van der Waals surface area contributed by atoms with E-state index in [4.69, 9.17) is 0 Å². The van der Waals surface area contributed by atoms with Crippen LogP contribution in [-0.2, 0) is 0 Å². The van der Waals surface area contributed by atoms with Gasteiger partial charge in [-0.25, -0.2) is 0 Å². The van der Waals surface area contributed by atoms with Crippen molar-refractivity contribution in [3.8, 4) is 0 Å². The number of benzene rings is 4. The molecule has 1 aliphatic rings. The molecule has 4 aromatic carbocycles. The van der Waals surface area contributed by atoms with Gasteiger partial charge in [-0.05, 0) is 64.2 Å². The van der Waals surface area contributed by atoms with Crippen molar-refractivity contribution in [2.75, 3.05) is 0 Å². The van der Waals surface area contributed by atoms with Crippen LogP contribution in [0, 0.1) is 0 Å². The highest BCUT2D eigenvalue weighted by molar-refractivity contribution is 6.30. The van der Waals surface area contributed by atoms with Crippen LogP contribution in [0.2, 0.25) is 0 Å². The first-order valence-electron chi connectivity index (χ1n) is 12.3. The monoisotopic (exact) mass is 419 g/mol. The summed E-state index contributed by atoms with van der Waals surface area (Å²) in [6, 6.07) is 18.9. The zero-order valence-corrected chi connectivity index (χ0v) is 19.6. The number of hydrogen-bond donors (Lipinski definition) is 0. The maximum atomic E-state index is 4.24. The molecule has 1 heterocycles. The largest absolute Gasteiger partial charge is 0.337 e. The van der Waals surface area contributed by atoms with Crippen LogP contribution in [0.4, 0.5) is 0 Å². The van der Waals surface area contributed by atoms with Crippen molar-refractivity contribution < 1.29 is 0 Å². The van der Waals surface area contributed by atoms with Gasteiger partial charge in [-0.3, -0.25) is 0 Å². The maximum Gasteiger partial charge on any atom is 0.0506 e. The van der Waals surface area contributed by atoms with Crippen molar-refractivity contribution in [3.63, 3.8) is 0 Å². The molecule has 0 unspecified atom stereocenters. The molecule has 32 heavy (non-hydrogen) atoms. The third kappa shape index (κ3) is 2.98. The quantitative estimate of drug-likeness (QED) is 0.256. The minimum Gasteiger partial charge on any atom is -0.337 e. The fraction of sp³-hybridized carbons (Fsp3) is 0.290. The molecule has 0 atom stereocenters. The molecule has 6 rings (SSSR count). The number of allylic oxidation sites excluding steroid dienone is 1. The zero-order chi connectivity index (χ0) is 22.2. The number of rotatable bonds is 3. The van der Waals surface area contributed by atoms with Crippen molar-refractivity contribution in [1.29, 1.82) is 0 Å². The van der Waals surface area contributed by atoms with Crippen LogP contribution in [0.3, 0.4) is 0 Å². The molecular formula is C31H33N. The van der Waals surface area contributed by atoms with E-state index in [0.29, 0.717) is 6.04 Å². The zero-order valence-electron chi connectivity index (χ0n) is 19.6. The molecule has 5 aromatic rings. The molecule has 1 aliphatic carbocycles. The van der Waals surface area contributed by atoms with Crippen LogP contribution >= 0.6 is 0 Å². The standard InChI is InChI=1S/C29H27N.C2H6/c1-3-9-23-25(4-2)30(22-12-6-5-7-13-22)26-18-21-15-14-19-10-8-11-20-16-17-24(29(23)26)28(21)27(19)20;1-2/h3-4,8-11,14-18,22H,2,5-7,12-13H2,1H3;1-2H3/b9-3-;. The van der Waals surface area contributed by atoms with E-state index >= 15 is 0 Å². The van der Waals surface area contributed by atoms with E-state index in [-0.39, 0.29) is 0 Å². The molecule has 0 spiro atoms. The number of hydrogen-bond acceptors (Lipinski definition) is 0. The van der Waals surface area contributed by atoms with Crippen molar-refractivity contribution >= 4 is 55.4 Å². The third-order valence-corrected chi connectivity index (χ3v) is 7.16. The van der Waals surface area contributed by atoms with Crippen LogP contribution in [-0.4, -0.2) is 4.57 Å². The summed E-state index contributed by atoms with van der Waals surface area (Å²) < 4.78 is 2.62. The summed E-state index contributed by atoms with van der Waals surface area (Å²) in [6.07, 6.45) is 13.1. The van der Waals surface area contributed by atoms with Gasteiger partial charge in [0, 0.05) is 22.7 Å². The third-order valence-electron chi connectivity index (χ3n) is 7.16. The molecule has 1 heteroatoms. The Labute approximate surface area is 191 Å². The normalized spacial score (nSPS) is 15.2. The Morgan fingerprint density at radius 1 is 0.844 bits per heavy atom. The Morgan fingerprint density at radius 3 is 2.22 bits per heavy atom. The number of nitrogens with zero attached hydrogens (tertiary/aromatic N) is 1. The molecule has 1 fully saturated rings. The highest BCUT2D eigenvalue weighted by Crippen LogP contribution is 2.44. The maximum absolute atomic E-state index is 4.24. The summed E-state index contributed by atoms with van der Waals surface area (Å²) in [4.78, 5) is 0. The first-order valence-corrected chi connectivity index (χ1v) is 12.3. The summed E-state index contributed by atoms with van der Waals surface area (Å²) in [7, 11) is 0. The first-order chi connectivity index (χ1) is 15.8. The van der Waals surface area contributed by atoms with Crippen molar-refractivity contribution in [2.45, 2.75) is 58.9 Å². The van der Waals surface area contributed by atoms with Gasteiger partial charge >= 0.3 is 0 Å². The molecule has 1 nitrogen and oxygen atoms in total. The molecule has 0 radical (unpaired) electrons. The lowest BCUT2D eigenvalue weighted by molar-refractivity contribution is 0.359. The Morgan fingerprint density at radius 2 is 1.53 bits per heavy atom. The molecule has 0 aliphatic heterocycles. The predicted octanol–water partition coefficient (Wildman–Crippen LogP) is 9.75. The van der Waals surface area contributed by atoms with Gasteiger partial charge in [-0.2, -0.15) is 0 Å².